The van der Waals surface area contributed by atoms with E-state index < -0.39 is 5.67 Å². The minimum Gasteiger partial charge on any atom is -0.238 e. The van der Waals surface area contributed by atoms with Crippen molar-refractivity contribution in [2.75, 3.05) is 0 Å². The maximum absolute atomic E-state index is 16.7. The van der Waals surface area contributed by atoms with Crippen LogP contribution in [0.5, 0.6) is 0 Å². The topological polar surface area (TPSA) is 0 Å². The van der Waals surface area contributed by atoms with Gasteiger partial charge in [0.2, 0.25) is 0 Å². The summed E-state index contributed by atoms with van der Waals surface area (Å²) in [7, 11) is 0. The van der Waals surface area contributed by atoms with Gasteiger partial charge in [0.15, 0.2) is 0 Å². The van der Waals surface area contributed by atoms with Gasteiger partial charge in [-0.1, -0.05) is 56.3 Å². The van der Waals surface area contributed by atoms with E-state index in [1.54, 1.807) is 0 Å². The quantitative estimate of drug-likeness (QED) is 0.593. The Labute approximate surface area is 145 Å². The molecule has 0 aliphatic heterocycles. The third-order valence-electron chi connectivity index (χ3n) is 7.39. The molecular weight excluding hydrogens is 295 g/mol. The Balaban J connectivity index is 1.71. The summed E-state index contributed by atoms with van der Waals surface area (Å²) in [5.41, 5.74) is 1.52. The highest BCUT2D eigenvalue weighted by molar-refractivity contribution is 5.39. The number of fused-ring (bicyclic) bond motifs is 3. The predicted molar refractivity (Wildman–Crippen MR) is 98.9 cm³/mol. The van der Waals surface area contributed by atoms with Gasteiger partial charge >= 0.3 is 0 Å². The van der Waals surface area contributed by atoms with Crippen molar-refractivity contribution in [3.05, 3.63) is 59.7 Å². The van der Waals surface area contributed by atoms with Crippen LogP contribution in [0.15, 0.2) is 48.6 Å². The molecule has 0 nitrogen and oxygen atoms in total. The number of alkyl halides is 1. The molecule has 0 amide bonds. The third kappa shape index (κ3) is 2.31. The molecule has 0 heterocycles. The summed E-state index contributed by atoms with van der Waals surface area (Å²) < 4.78 is 16.7. The molecule has 2 unspecified atom stereocenters. The minimum atomic E-state index is -1.24. The third-order valence-corrected chi connectivity index (χ3v) is 7.39. The Kier molecular flexibility index (Phi) is 3.74. The zero-order valence-corrected chi connectivity index (χ0v) is 15.0. The van der Waals surface area contributed by atoms with Crippen molar-refractivity contribution in [1.29, 1.82) is 0 Å². The average molecular weight is 324 g/mol. The molecule has 0 spiro atoms. The Hall–Kier alpha value is -1.37. The van der Waals surface area contributed by atoms with Crippen molar-refractivity contribution in [3.63, 3.8) is 0 Å². The Morgan fingerprint density at radius 2 is 1.58 bits per heavy atom. The number of hydrogen-bond donors (Lipinski definition) is 0. The van der Waals surface area contributed by atoms with Crippen LogP contribution in [0.2, 0.25) is 0 Å². The molecule has 1 aromatic rings. The molecule has 4 aliphatic carbocycles. The number of rotatable bonds is 3. The van der Waals surface area contributed by atoms with Crippen molar-refractivity contribution in [1.82, 2.24) is 0 Å². The van der Waals surface area contributed by atoms with Gasteiger partial charge in [0.05, 0.1) is 0 Å². The lowest BCUT2D eigenvalue weighted by Crippen LogP contribution is -2.54. The van der Waals surface area contributed by atoms with E-state index in [2.05, 4.69) is 44.2 Å². The van der Waals surface area contributed by atoms with E-state index in [-0.39, 0.29) is 11.3 Å². The first kappa shape index (κ1) is 16.1. The van der Waals surface area contributed by atoms with Crippen molar-refractivity contribution >= 4 is 0 Å². The second kappa shape index (κ2) is 5.58. The molecule has 128 valence electrons. The maximum Gasteiger partial charge on any atom is 0.145 e. The van der Waals surface area contributed by atoms with Crippen molar-refractivity contribution in [2.24, 2.45) is 10.8 Å². The molecular formula is C23H29F. The summed E-state index contributed by atoms with van der Waals surface area (Å²) >= 11 is 0. The smallest absolute Gasteiger partial charge is 0.145 e. The van der Waals surface area contributed by atoms with Crippen LogP contribution in [0, 0.1) is 10.8 Å². The van der Waals surface area contributed by atoms with Gasteiger partial charge in [-0.3, -0.25) is 0 Å². The standard InChI is InChI=1S/C23H29F/c1-3-18-7-9-19(10-8-18)20-6-4-5-11-23(20,24)22-15-12-21(2,13-16-22)14-17-22/h4-11,20H,3,12-17H2,1-2H3. The zero-order chi connectivity index (χ0) is 16.8. The zero-order valence-electron chi connectivity index (χ0n) is 15.0. The second-order valence-electron chi connectivity index (χ2n) is 8.68. The number of aryl methyl sites for hydroxylation is 1. The van der Waals surface area contributed by atoms with Crippen LogP contribution in [-0.4, -0.2) is 5.67 Å². The van der Waals surface area contributed by atoms with E-state index in [1.165, 1.54) is 24.8 Å². The molecule has 1 heteroatoms. The predicted octanol–water partition coefficient (Wildman–Crippen LogP) is 6.53. The summed E-state index contributed by atoms with van der Waals surface area (Å²) in [5, 5.41) is 0. The van der Waals surface area contributed by atoms with Gasteiger partial charge in [0.25, 0.3) is 0 Å². The average Bonchev–Trinajstić information content (AvgIpc) is 2.63. The first-order chi connectivity index (χ1) is 11.5. The van der Waals surface area contributed by atoms with Crippen LogP contribution in [0.1, 0.15) is 69.4 Å². The molecule has 3 fully saturated rings. The maximum atomic E-state index is 16.7. The van der Waals surface area contributed by atoms with Crippen LogP contribution in [0.25, 0.3) is 0 Å². The monoisotopic (exact) mass is 324 g/mol. The SMILES string of the molecule is CCc1ccc(C2C=CC=CC2(F)C23CCC(C)(CC2)CC3)cc1. The molecule has 2 atom stereocenters. The lowest BCUT2D eigenvalue weighted by atomic mass is 9.47. The Morgan fingerprint density at radius 3 is 2.17 bits per heavy atom. The molecule has 0 N–H and O–H groups in total. The molecule has 0 aromatic heterocycles. The fourth-order valence-electron chi connectivity index (χ4n) is 5.38. The van der Waals surface area contributed by atoms with E-state index in [0.29, 0.717) is 5.41 Å². The van der Waals surface area contributed by atoms with Gasteiger partial charge in [-0.25, -0.2) is 4.39 Å². The lowest BCUT2D eigenvalue weighted by Gasteiger charge is -2.58. The van der Waals surface area contributed by atoms with Crippen LogP contribution < -0.4 is 0 Å². The van der Waals surface area contributed by atoms with Crippen molar-refractivity contribution in [3.8, 4) is 0 Å². The second-order valence-corrected chi connectivity index (χ2v) is 8.68. The highest BCUT2D eigenvalue weighted by Crippen LogP contribution is 2.65. The molecule has 3 saturated carbocycles. The number of halogens is 1. The largest absolute Gasteiger partial charge is 0.238 e. The molecule has 24 heavy (non-hydrogen) atoms. The normalized spacial score (nSPS) is 40.9. The molecule has 4 aliphatic rings. The van der Waals surface area contributed by atoms with E-state index >= 15 is 4.39 Å². The molecule has 1 aromatic carbocycles. The van der Waals surface area contributed by atoms with Gasteiger partial charge in [-0.05, 0) is 67.6 Å². The Bertz CT molecular complexity index is 641. The van der Waals surface area contributed by atoms with Gasteiger partial charge in [-0.2, -0.15) is 0 Å². The number of hydrogen-bond acceptors (Lipinski definition) is 0. The van der Waals surface area contributed by atoms with Crippen molar-refractivity contribution in [2.45, 2.75) is 70.4 Å². The molecule has 2 bridgehead atoms. The van der Waals surface area contributed by atoms with Crippen LogP contribution >= 0.6 is 0 Å². The molecule has 0 radical (unpaired) electrons. The van der Waals surface area contributed by atoms with Crippen LogP contribution in [-0.2, 0) is 6.42 Å². The van der Waals surface area contributed by atoms with Gasteiger partial charge in [0.1, 0.15) is 5.67 Å². The van der Waals surface area contributed by atoms with Gasteiger partial charge < -0.3 is 0 Å². The molecule has 0 saturated heterocycles. The first-order valence-electron chi connectivity index (χ1n) is 9.64. The number of benzene rings is 1. The summed E-state index contributed by atoms with van der Waals surface area (Å²) in [4.78, 5) is 0. The minimum absolute atomic E-state index is 0.143. The summed E-state index contributed by atoms with van der Waals surface area (Å²) in [5.74, 6) is -0.143. The van der Waals surface area contributed by atoms with E-state index in [1.807, 2.05) is 18.2 Å². The van der Waals surface area contributed by atoms with Gasteiger partial charge in [-0.15, -0.1) is 0 Å². The summed E-state index contributed by atoms with van der Waals surface area (Å²) in [6.45, 7) is 4.57. The first-order valence-corrected chi connectivity index (χ1v) is 9.64. The van der Waals surface area contributed by atoms with Crippen molar-refractivity contribution < 1.29 is 4.39 Å². The molecule has 5 rings (SSSR count). The van der Waals surface area contributed by atoms with E-state index in [4.69, 9.17) is 0 Å². The highest BCUT2D eigenvalue weighted by atomic mass is 19.1. The van der Waals surface area contributed by atoms with E-state index in [0.717, 1.165) is 31.2 Å². The summed E-state index contributed by atoms with van der Waals surface area (Å²) in [6.07, 6.45) is 15.7. The van der Waals surface area contributed by atoms with E-state index in [9.17, 15) is 0 Å². The van der Waals surface area contributed by atoms with Crippen LogP contribution in [0.3, 0.4) is 0 Å². The highest BCUT2D eigenvalue weighted by Gasteiger charge is 2.60. The Morgan fingerprint density at radius 1 is 0.958 bits per heavy atom. The van der Waals surface area contributed by atoms with Crippen LogP contribution in [0.4, 0.5) is 4.39 Å². The fraction of sp³-hybridized carbons (Fsp3) is 0.565. The fourth-order valence-corrected chi connectivity index (χ4v) is 5.38. The number of allylic oxidation sites excluding steroid dienone is 4. The summed E-state index contributed by atoms with van der Waals surface area (Å²) in [6, 6.07) is 8.62. The van der Waals surface area contributed by atoms with Gasteiger partial charge in [0, 0.05) is 11.3 Å². The lowest BCUT2D eigenvalue weighted by molar-refractivity contribution is -0.0919.